The van der Waals surface area contributed by atoms with Crippen LogP contribution in [0.2, 0.25) is 0 Å². The number of carbonyl (C=O) groups excluding carboxylic acids is 2. The van der Waals surface area contributed by atoms with Gasteiger partial charge in [0.15, 0.2) is 0 Å². The Kier molecular flexibility index (Phi) is 8.59. The molecule has 0 saturated carbocycles. The lowest BCUT2D eigenvalue weighted by atomic mass is 10.1. The number of aryl methyl sites for hydroxylation is 2. The monoisotopic (exact) mass is 512 g/mol. The summed E-state index contributed by atoms with van der Waals surface area (Å²) in [4.78, 5) is 36.1. The van der Waals surface area contributed by atoms with E-state index in [4.69, 9.17) is 0 Å². The smallest absolute Gasteiger partial charge is 0.295 e. The summed E-state index contributed by atoms with van der Waals surface area (Å²) >= 11 is 0. The number of likely N-dealkylation sites (tertiary alicyclic amines) is 1. The molecule has 0 bridgehead atoms. The van der Waals surface area contributed by atoms with Crippen LogP contribution in [-0.2, 0) is 11.2 Å². The Morgan fingerprint density at radius 1 is 0.816 bits per heavy atom. The number of anilines is 1. The molecule has 0 spiro atoms. The number of amides is 1. The van der Waals surface area contributed by atoms with Gasteiger partial charge in [0.25, 0.3) is 11.7 Å². The highest BCUT2D eigenvalue weighted by molar-refractivity contribution is 6.43. The number of hydrogen-bond donors (Lipinski definition) is 1. The molecule has 5 rings (SSSR count). The Bertz CT molecular complexity index is 1220. The number of rotatable bonds is 9. The average Bonchev–Trinajstić information content (AvgIpc) is 3.37. The lowest BCUT2D eigenvalue weighted by Crippen LogP contribution is -2.50. The predicted molar refractivity (Wildman–Crippen MR) is 154 cm³/mol. The van der Waals surface area contributed by atoms with Crippen molar-refractivity contribution in [3.8, 4) is 11.3 Å². The summed E-state index contributed by atoms with van der Waals surface area (Å²) in [6, 6.07) is 20.5. The number of piperazine rings is 1. The molecule has 1 aromatic heterocycles. The molecule has 6 heteroatoms. The van der Waals surface area contributed by atoms with Crippen molar-refractivity contribution in [2.45, 2.75) is 45.4 Å². The number of benzene rings is 2. The molecule has 2 aliphatic heterocycles. The molecule has 2 aliphatic rings. The normalized spacial score (nSPS) is 16.6. The van der Waals surface area contributed by atoms with E-state index in [1.54, 1.807) is 11.0 Å². The number of hydrogen-bond acceptors (Lipinski definition) is 4. The number of piperidine rings is 1. The first-order valence-corrected chi connectivity index (χ1v) is 14.2. The summed E-state index contributed by atoms with van der Waals surface area (Å²) in [5.74, 6) is -0.838. The molecular formula is C32H40N4O2. The van der Waals surface area contributed by atoms with Crippen molar-refractivity contribution in [1.29, 1.82) is 0 Å². The van der Waals surface area contributed by atoms with E-state index in [1.807, 2.05) is 37.3 Å². The van der Waals surface area contributed by atoms with Gasteiger partial charge in [-0.15, -0.1) is 0 Å². The van der Waals surface area contributed by atoms with E-state index in [9.17, 15) is 9.59 Å². The molecule has 3 heterocycles. The molecule has 2 fully saturated rings. The van der Waals surface area contributed by atoms with Gasteiger partial charge in [-0.05, 0) is 88.0 Å². The maximum atomic E-state index is 13.1. The van der Waals surface area contributed by atoms with Crippen molar-refractivity contribution in [2.24, 2.45) is 0 Å². The Balaban J connectivity index is 1.12. The van der Waals surface area contributed by atoms with Gasteiger partial charge in [0.1, 0.15) is 0 Å². The Morgan fingerprint density at radius 3 is 2.34 bits per heavy atom. The zero-order chi connectivity index (χ0) is 26.3. The maximum absolute atomic E-state index is 13.1. The van der Waals surface area contributed by atoms with E-state index in [0.29, 0.717) is 18.7 Å². The molecule has 0 unspecified atom stereocenters. The molecule has 0 aliphatic carbocycles. The van der Waals surface area contributed by atoms with Crippen LogP contribution >= 0.6 is 0 Å². The quantitative estimate of drug-likeness (QED) is 0.239. The van der Waals surface area contributed by atoms with Crippen LogP contribution in [0.3, 0.4) is 0 Å². The maximum Gasteiger partial charge on any atom is 0.295 e. The summed E-state index contributed by atoms with van der Waals surface area (Å²) in [6.07, 6.45) is 7.69. The van der Waals surface area contributed by atoms with Gasteiger partial charge in [0, 0.05) is 48.8 Å². The number of aromatic amines is 1. The largest absolute Gasteiger partial charge is 0.368 e. The van der Waals surface area contributed by atoms with Gasteiger partial charge in [-0.25, -0.2) is 0 Å². The number of H-pyrrole nitrogens is 1. The highest BCUT2D eigenvalue weighted by atomic mass is 16.2. The number of ketones is 1. The second-order valence-electron chi connectivity index (χ2n) is 10.7. The van der Waals surface area contributed by atoms with Crippen LogP contribution in [-0.4, -0.2) is 72.3 Å². The summed E-state index contributed by atoms with van der Waals surface area (Å²) in [7, 11) is 0. The molecule has 2 aromatic carbocycles. The van der Waals surface area contributed by atoms with Gasteiger partial charge < -0.3 is 19.7 Å². The molecule has 0 atom stereocenters. The molecule has 200 valence electrons. The van der Waals surface area contributed by atoms with E-state index in [-0.39, 0.29) is 0 Å². The second kappa shape index (κ2) is 12.4. The number of nitrogens with one attached hydrogen (secondary N) is 1. The first kappa shape index (κ1) is 26.2. The summed E-state index contributed by atoms with van der Waals surface area (Å²) < 4.78 is 0. The van der Waals surface area contributed by atoms with Crippen molar-refractivity contribution in [3.05, 3.63) is 77.5 Å². The number of nitrogens with zero attached hydrogens (tertiary/aromatic N) is 3. The minimum atomic E-state index is -0.430. The first-order chi connectivity index (χ1) is 18.6. The third-order valence-electron chi connectivity index (χ3n) is 8.02. The summed E-state index contributed by atoms with van der Waals surface area (Å²) in [6.45, 7) is 8.21. The van der Waals surface area contributed by atoms with Gasteiger partial charge in [-0.2, -0.15) is 0 Å². The SMILES string of the molecule is Cc1[nH]c(-c2ccccc2)cc1C(=O)C(=O)N1CCN(c2cccc(CCCCN3CCCCC3)c2)CC1. The summed E-state index contributed by atoms with van der Waals surface area (Å²) in [5, 5.41) is 0. The standard InChI is InChI=1S/C32H40N4O2/c1-25-29(24-30(33-25)27-13-4-2-5-14-27)31(37)32(38)36-21-19-35(20-22-36)28-15-10-12-26(23-28)11-6-9-18-34-16-7-3-8-17-34/h2,4-5,10,12-15,23-24,33H,3,6-9,11,16-22H2,1H3. The van der Waals surface area contributed by atoms with E-state index < -0.39 is 11.7 Å². The topological polar surface area (TPSA) is 59.7 Å². The minimum absolute atomic E-state index is 0.409. The van der Waals surface area contributed by atoms with Gasteiger partial charge in [-0.3, -0.25) is 9.59 Å². The second-order valence-corrected chi connectivity index (χ2v) is 10.7. The van der Waals surface area contributed by atoms with E-state index in [2.05, 4.69) is 39.0 Å². The molecule has 3 aromatic rings. The van der Waals surface area contributed by atoms with Gasteiger partial charge in [-0.1, -0.05) is 48.9 Å². The lowest BCUT2D eigenvalue weighted by Gasteiger charge is -2.36. The zero-order valence-corrected chi connectivity index (χ0v) is 22.6. The third-order valence-corrected chi connectivity index (χ3v) is 8.02. The fourth-order valence-corrected chi connectivity index (χ4v) is 5.75. The number of unbranched alkanes of at least 4 members (excludes halogenated alkanes) is 1. The molecule has 6 nitrogen and oxygen atoms in total. The fourth-order valence-electron chi connectivity index (χ4n) is 5.75. The van der Waals surface area contributed by atoms with Gasteiger partial charge in [0.2, 0.25) is 0 Å². The van der Waals surface area contributed by atoms with E-state index >= 15 is 0 Å². The van der Waals surface area contributed by atoms with Crippen LogP contribution in [0, 0.1) is 6.92 Å². The summed E-state index contributed by atoms with van der Waals surface area (Å²) in [5.41, 5.74) is 5.64. The van der Waals surface area contributed by atoms with Crippen molar-refractivity contribution in [3.63, 3.8) is 0 Å². The highest BCUT2D eigenvalue weighted by Gasteiger charge is 2.29. The predicted octanol–water partition coefficient (Wildman–Crippen LogP) is 5.33. The van der Waals surface area contributed by atoms with Gasteiger partial charge >= 0.3 is 0 Å². The van der Waals surface area contributed by atoms with Crippen molar-refractivity contribution >= 4 is 17.4 Å². The van der Waals surface area contributed by atoms with Crippen LogP contribution in [0.15, 0.2) is 60.7 Å². The lowest BCUT2D eigenvalue weighted by molar-refractivity contribution is -0.126. The zero-order valence-electron chi connectivity index (χ0n) is 22.6. The molecule has 38 heavy (non-hydrogen) atoms. The Labute approximate surface area is 226 Å². The van der Waals surface area contributed by atoms with Gasteiger partial charge in [0.05, 0.1) is 0 Å². The molecule has 1 N–H and O–H groups in total. The van der Waals surface area contributed by atoms with Crippen LogP contribution in [0.1, 0.15) is 53.7 Å². The number of Topliss-reactive ketones (excluding diaryl/α,β-unsaturated/α-hetero) is 1. The van der Waals surface area contributed by atoms with E-state index in [1.165, 1.54) is 63.0 Å². The Hall–Kier alpha value is -3.38. The number of aromatic nitrogens is 1. The van der Waals surface area contributed by atoms with Crippen LogP contribution in [0.4, 0.5) is 5.69 Å². The fraction of sp³-hybridized carbons (Fsp3) is 0.438. The van der Waals surface area contributed by atoms with Crippen LogP contribution < -0.4 is 4.90 Å². The van der Waals surface area contributed by atoms with Crippen LogP contribution in [0.25, 0.3) is 11.3 Å². The molecule has 1 amide bonds. The van der Waals surface area contributed by atoms with Crippen LogP contribution in [0.5, 0.6) is 0 Å². The van der Waals surface area contributed by atoms with Crippen molar-refractivity contribution in [2.75, 3.05) is 50.7 Å². The van der Waals surface area contributed by atoms with Crippen molar-refractivity contribution in [1.82, 2.24) is 14.8 Å². The Morgan fingerprint density at radius 2 is 1.58 bits per heavy atom. The van der Waals surface area contributed by atoms with E-state index in [0.717, 1.165) is 36.5 Å². The average molecular weight is 513 g/mol. The number of carbonyl (C=O) groups is 2. The van der Waals surface area contributed by atoms with Crippen molar-refractivity contribution < 1.29 is 9.59 Å². The molecule has 2 saturated heterocycles. The molecular weight excluding hydrogens is 472 g/mol. The molecule has 0 radical (unpaired) electrons. The first-order valence-electron chi connectivity index (χ1n) is 14.2. The highest BCUT2D eigenvalue weighted by Crippen LogP contribution is 2.24. The minimum Gasteiger partial charge on any atom is -0.368 e. The third kappa shape index (κ3) is 6.36.